The standard InChI is InChI=1S/C15H17F3N4S/c1-9-13(20-14(23)19-3)10(2)22(21-9)8-11-5-4-6-12(7-11)15(16,17)18/h4-7H,8H2,1-3H3,(H2,19,20,23). The third kappa shape index (κ3) is 4.01. The van der Waals surface area contributed by atoms with Crippen molar-refractivity contribution in [2.45, 2.75) is 26.6 Å². The summed E-state index contributed by atoms with van der Waals surface area (Å²) in [5, 5.41) is 10.7. The zero-order valence-electron chi connectivity index (χ0n) is 13.0. The van der Waals surface area contributed by atoms with Crippen LogP contribution in [0, 0.1) is 13.8 Å². The minimum Gasteiger partial charge on any atom is -0.366 e. The van der Waals surface area contributed by atoms with Crippen molar-refractivity contribution in [1.29, 1.82) is 0 Å². The summed E-state index contributed by atoms with van der Waals surface area (Å²) < 4.78 is 40.0. The Balaban J connectivity index is 2.28. The third-order valence-electron chi connectivity index (χ3n) is 3.43. The van der Waals surface area contributed by atoms with Crippen LogP contribution in [0.3, 0.4) is 0 Å². The van der Waals surface area contributed by atoms with Gasteiger partial charge in [0.15, 0.2) is 5.11 Å². The maximum atomic E-state index is 12.8. The average molecular weight is 342 g/mol. The molecule has 0 saturated heterocycles. The number of aromatic nitrogens is 2. The van der Waals surface area contributed by atoms with E-state index >= 15 is 0 Å². The van der Waals surface area contributed by atoms with Crippen molar-refractivity contribution in [3.63, 3.8) is 0 Å². The lowest BCUT2D eigenvalue weighted by atomic mass is 10.1. The van der Waals surface area contributed by atoms with Gasteiger partial charge in [-0.25, -0.2) is 0 Å². The molecule has 0 unspecified atom stereocenters. The lowest BCUT2D eigenvalue weighted by molar-refractivity contribution is -0.137. The summed E-state index contributed by atoms with van der Waals surface area (Å²) in [6, 6.07) is 5.25. The summed E-state index contributed by atoms with van der Waals surface area (Å²) in [5.41, 5.74) is 2.17. The molecule has 8 heteroatoms. The second-order valence-electron chi connectivity index (χ2n) is 5.11. The van der Waals surface area contributed by atoms with Crippen LogP contribution >= 0.6 is 12.2 Å². The van der Waals surface area contributed by atoms with Crippen LogP contribution in [0.5, 0.6) is 0 Å². The molecular formula is C15H17F3N4S. The average Bonchev–Trinajstić information content (AvgIpc) is 2.74. The van der Waals surface area contributed by atoms with Crippen molar-refractivity contribution in [2.75, 3.05) is 12.4 Å². The summed E-state index contributed by atoms with van der Waals surface area (Å²) >= 11 is 5.07. The first-order chi connectivity index (χ1) is 10.7. The van der Waals surface area contributed by atoms with E-state index in [1.165, 1.54) is 6.07 Å². The highest BCUT2D eigenvalue weighted by Gasteiger charge is 2.30. The number of rotatable bonds is 3. The van der Waals surface area contributed by atoms with E-state index in [9.17, 15) is 13.2 Å². The number of thiocarbonyl (C=S) groups is 1. The quantitative estimate of drug-likeness (QED) is 0.838. The Kier molecular flexibility index (Phi) is 4.93. The highest BCUT2D eigenvalue weighted by molar-refractivity contribution is 7.80. The molecule has 1 heterocycles. The van der Waals surface area contributed by atoms with Gasteiger partial charge in [-0.2, -0.15) is 18.3 Å². The fraction of sp³-hybridized carbons (Fsp3) is 0.333. The lowest BCUT2D eigenvalue weighted by Gasteiger charge is -2.10. The van der Waals surface area contributed by atoms with Crippen LogP contribution in [0.1, 0.15) is 22.5 Å². The number of anilines is 1. The predicted octanol–water partition coefficient (Wildman–Crippen LogP) is 3.48. The molecular weight excluding hydrogens is 325 g/mol. The first-order valence-electron chi connectivity index (χ1n) is 6.91. The van der Waals surface area contributed by atoms with Crippen LogP contribution in [0.25, 0.3) is 0 Å². The molecule has 0 aliphatic rings. The topological polar surface area (TPSA) is 41.9 Å². The minimum absolute atomic E-state index is 0.255. The summed E-state index contributed by atoms with van der Waals surface area (Å²) in [6.07, 6.45) is -4.35. The fourth-order valence-corrected chi connectivity index (χ4v) is 2.33. The molecule has 2 N–H and O–H groups in total. The summed E-state index contributed by atoms with van der Waals surface area (Å²) in [6.45, 7) is 3.91. The van der Waals surface area contributed by atoms with E-state index in [-0.39, 0.29) is 6.54 Å². The van der Waals surface area contributed by atoms with Crippen molar-refractivity contribution in [1.82, 2.24) is 15.1 Å². The van der Waals surface area contributed by atoms with Gasteiger partial charge in [0.25, 0.3) is 0 Å². The molecule has 0 aliphatic carbocycles. The molecule has 4 nitrogen and oxygen atoms in total. The van der Waals surface area contributed by atoms with Gasteiger partial charge in [0.2, 0.25) is 0 Å². The summed E-state index contributed by atoms with van der Waals surface area (Å²) in [7, 11) is 1.70. The van der Waals surface area contributed by atoms with E-state index in [0.717, 1.165) is 29.2 Å². The molecule has 0 aliphatic heterocycles. The first-order valence-corrected chi connectivity index (χ1v) is 7.32. The van der Waals surface area contributed by atoms with Crippen molar-refractivity contribution in [3.05, 3.63) is 46.8 Å². The molecule has 0 bridgehead atoms. The molecule has 1 aromatic heterocycles. The van der Waals surface area contributed by atoms with Crippen LogP contribution in [-0.4, -0.2) is 21.9 Å². The molecule has 2 aromatic rings. The maximum absolute atomic E-state index is 12.8. The van der Waals surface area contributed by atoms with Crippen molar-refractivity contribution in [2.24, 2.45) is 0 Å². The number of halogens is 3. The van der Waals surface area contributed by atoms with Crippen molar-refractivity contribution in [3.8, 4) is 0 Å². The lowest BCUT2D eigenvalue weighted by Crippen LogP contribution is -2.24. The van der Waals surface area contributed by atoms with Gasteiger partial charge in [-0.15, -0.1) is 0 Å². The van der Waals surface area contributed by atoms with Crippen LogP contribution in [0.2, 0.25) is 0 Å². The molecule has 1 aromatic carbocycles. The third-order valence-corrected chi connectivity index (χ3v) is 3.74. The van der Waals surface area contributed by atoms with Gasteiger partial charge in [0, 0.05) is 7.05 Å². The van der Waals surface area contributed by atoms with Crippen LogP contribution < -0.4 is 10.6 Å². The second-order valence-corrected chi connectivity index (χ2v) is 5.51. The molecule has 0 spiro atoms. The Morgan fingerprint density at radius 3 is 2.61 bits per heavy atom. The number of hydrogen-bond donors (Lipinski definition) is 2. The zero-order chi connectivity index (χ0) is 17.2. The Bertz CT molecular complexity index is 722. The highest BCUT2D eigenvalue weighted by atomic mass is 32.1. The molecule has 2 rings (SSSR count). The van der Waals surface area contributed by atoms with Gasteiger partial charge in [-0.05, 0) is 43.8 Å². The first kappa shape index (κ1) is 17.3. The number of aryl methyl sites for hydroxylation is 1. The van der Waals surface area contributed by atoms with E-state index in [0.29, 0.717) is 10.7 Å². The number of benzene rings is 1. The van der Waals surface area contributed by atoms with Gasteiger partial charge >= 0.3 is 6.18 Å². The van der Waals surface area contributed by atoms with E-state index in [1.807, 2.05) is 13.8 Å². The molecule has 0 radical (unpaired) electrons. The second kappa shape index (κ2) is 6.57. The Morgan fingerprint density at radius 2 is 2.00 bits per heavy atom. The molecule has 0 saturated carbocycles. The van der Waals surface area contributed by atoms with E-state index in [2.05, 4.69) is 15.7 Å². The molecule has 0 atom stereocenters. The Hall–Kier alpha value is -2.09. The van der Waals surface area contributed by atoms with E-state index < -0.39 is 11.7 Å². The fourth-order valence-electron chi connectivity index (χ4n) is 2.23. The predicted molar refractivity (Wildman–Crippen MR) is 87.5 cm³/mol. The molecule has 124 valence electrons. The zero-order valence-corrected chi connectivity index (χ0v) is 13.8. The van der Waals surface area contributed by atoms with Gasteiger partial charge in [0.05, 0.1) is 29.2 Å². The molecule has 23 heavy (non-hydrogen) atoms. The van der Waals surface area contributed by atoms with E-state index in [1.54, 1.807) is 17.8 Å². The van der Waals surface area contributed by atoms with Crippen LogP contribution in [0.4, 0.5) is 18.9 Å². The smallest absolute Gasteiger partial charge is 0.366 e. The maximum Gasteiger partial charge on any atom is 0.416 e. The normalized spacial score (nSPS) is 11.4. The van der Waals surface area contributed by atoms with Crippen LogP contribution in [0.15, 0.2) is 24.3 Å². The molecule has 0 amide bonds. The van der Waals surface area contributed by atoms with E-state index in [4.69, 9.17) is 12.2 Å². The number of hydrogen-bond acceptors (Lipinski definition) is 2. The van der Waals surface area contributed by atoms with Gasteiger partial charge in [0.1, 0.15) is 0 Å². The van der Waals surface area contributed by atoms with Crippen LogP contribution in [-0.2, 0) is 12.7 Å². The number of nitrogens with zero attached hydrogens (tertiary/aromatic N) is 2. The van der Waals surface area contributed by atoms with Gasteiger partial charge in [-0.3, -0.25) is 4.68 Å². The Morgan fingerprint density at radius 1 is 1.30 bits per heavy atom. The van der Waals surface area contributed by atoms with Crippen molar-refractivity contribution >= 4 is 23.0 Å². The van der Waals surface area contributed by atoms with Crippen molar-refractivity contribution < 1.29 is 13.2 Å². The number of nitrogens with one attached hydrogen (secondary N) is 2. The summed E-state index contributed by atoms with van der Waals surface area (Å²) in [5.74, 6) is 0. The summed E-state index contributed by atoms with van der Waals surface area (Å²) in [4.78, 5) is 0. The SMILES string of the molecule is CNC(=S)Nc1c(C)nn(Cc2cccc(C(F)(F)F)c2)c1C. The van der Waals surface area contributed by atoms with Gasteiger partial charge in [-0.1, -0.05) is 12.1 Å². The monoisotopic (exact) mass is 342 g/mol. The molecule has 0 fully saturated rings. The van der Waals surface area contributed by atoms with Gasteiger partial charge < -0.3 is 10.6 Å². The Labute approximate surface area is 137 Å². The largest absolute Gasteiger partial charge is 0.416 e. The highest BCUT2D eigenvalue weighted by Crippen LogP contribution is 2.30. The number of alkyl halides is 3. The minimum atomic E-state index is -4.35.